The summed E-state index contributed by atoms with van der Waals surface area (Å²) in [6.45, 7) is 2.26. The van der Waals surface area contributed by atoms with E-state index in [0.29, 0.717) is 28.8 Å². The highest BCUT2D eigenvalue weighted by molar-refractivity contribution is 6.31. The highest BCUT2D eigenvalue weighted by Gasteiger charge is 2.40. The largest absolute Gasteiger partial charge is 0.340 e. The van der Waals surface area contributed by atoms with Crippen LogP contribution in [0.1, 0.15) is 59.7 Å². The zero-order valence-corrected chi connectivity index (χ0v) is 16.4. The van der Waals surface area contributed by atoms with Gasteiger partial charge in [-0.15, -0.1) is 0 Å². The summed E-state index contributed by atoms with van der Waals surface area (Å²) in [5.41, 5.74) is 0.861. The number of amides is 1. The molecule has 8 heteroatoms. The molecular weight excluding hydrogens is 378 g/mol. The first-order valence-corrected chi connectivity index (χ1v) is 9.83. The molecule has 1 fully saturated rings. The van der Waals surface area contributed by atoms with Crippen molar-refractivity contribution in [2.24, 2.45) is 0 Å². The predicted octanol–water partition coefficient (Wildman–Crippen LogP) is 3.87. The van der Waals surface area contributed by atoms with Crippen LogP contribution in [0, 0.1) is 6.92 Å². The molecule has 1 amide bonds. The van der Waals surface area contributed by atoms with Crippen LogP contribution in [-0.4, -0.2) is 25.8 Å². The molecule has 2 heterocycles. The van der Waals surface area contributed by atoms with E-state index in [2.05, 4.69) is 20.6 Å². The van der Waals surface area contributed by atoms with Crippen LogP contribution in [0.25, 0.3) is 0 Å². The van der Waals surface area contributed by atoms with Gasteiger partial charge in [-0.3, -0.25) is 9.48 Å². The van der Waals surface area contributed by atoms with Crippen molar-refractivity contribution in [1.29, 1.82) is 0 Å². The van der Waals surface area contributed by atoms with Crippen LogP contribution in [-0.2, 0) is 12.1 Å². The molecular formula is C20H22ClN5O2. The van der Waals surface area contributed by atoms with Gasteiger partial charge in [0.25, 0.3) is 5.91 Å². The van der Waals surface area contributed by atoms with Crippen molar-refractivity contribution in [3.63, 3.8) is 0 Å². The van der Waals surface area contributed by atoms with E-state index in [9.17, 15) is 4.79 Å². The Hall–Kier alpha value is -2.67. The number of rotatable bonds is 5. The second kappa shape index (κ2) is 7.75. The van der Waals surface area contributed by atoms with Gasteiger partial charge in [0.2, 0.25) is 5.89 Å². The van der Waals surface area contributed by atoms with E-state index in [4.69, 9.17) is 16.1 Å². The smallest absolute Gasteiger partial charge is 0.255 e. The van der Waals surface area contributed by atoms with E-state index in [-0.39, 0.29) is 5.91 Å². The molecule has 1 aliphatic rings. The average molecular weight is 400 g/mol. The highest BCUT2D eigenvalue weighted by Crippen LogP contribution is 2.36. The van der Waals surface area contributed by atoms with Gasteiger partial charge in [-0.1, -0.05) is 54.2 Å². The Kier molecular flexibility index (Phi) is 5.17. The molecule has 0 spiro atoms. The zero-order chi connectivity index (χ0) is 19.6. The number of nitrogens with one attached hydrogen (secondary N) is 1. The van der Waals surface area contributed by atoms with Gasteiger partial charge in [0.15, 0.2) is 5.82 Å². The minimum atomic E-state index is -0.585. The lowest BCUT2D eigenvalue weighted by Crippen LogP contribution is -2.48. The molecule has 1 aromatic carbocycles. The Labute approximate surface area is 168 Å². The van der Waals surface area contributed by atoms with Crippen LogP contribution < -0.4 is 5.32 Å². The average Bonchev–Trinajstić information content (AvgIpc) is 3.34. The van der Waals surface area contributed by atoms with Gasteiger partial charge in [0.05, 0.1) is 18.3 Å². The molecule has 146 valence electrons. The number of halogens is 1. The molecule has 1 saturated carbocycles. The lowest BCUT2D eigenvalue weighted by Gasteiger charge is -2.35. The Bertz CT molecular complexity index is 974. The maximum atomic E-state index is 13.0. The first-order valence-electron chi connectivity index (χ1n) is 9.45. The molecule has 7 nitrogen and oxygen atoms in total. The predicted molar refractivity (Wildman–Crippen MR) is 104 cm³/mol. The number of benzene rings is 1. The number of carbonyl (C=O) groups is 1. The summed E-state index contributed by atoms with van der Waals surface area (Å²) >= 11 is 6.22. The summed E-state index contributed by atoms with van der Waals surface area (Å²) in [5.74, 6) is 0.873. The van der Waals surface area contributed by atoms with E-state index in [1.807, 2.05) is 24.3 Å². The minimum absolute atomic E-state index is 0.185. The van der Waals surface area contributed by atoms with Crippen LogP contribution >= 0.6 is 11.6 Å². The molecule has 1 aliphatic carbocycles. The third-order valence-corrected chi connectivity index (χ3v) is 5.57. The molecule has 2 aromatic heterocycles. The second-order valence-electron chi connectivity index (χ2n) is 7.25. The number of hydrogen-bond acceptors (Lipinski definition) is 5. The van der Waals surface area contributed by atoms with E-state index >= 15 is 0 Å². The second-order valence-corrected chi connectivity index (χ2v) is 7.66. The summed E-state index contributed by atoms with van der Waals surface area (Å²) in [6, 6.07) is 7.60. The van der Waals surface area contributed by atoms with Crippen molar-refractivity contribution in [2.45, 2.75) is 51.1 Å². The minimum Gasteiger partial charge on any atom is -0.340 e. The SMILES string of the molecule is Cc1nc(C2(NC(=O)c3cnn(Cc4ccccc4Cl)c3)CCCCC2)no1. The molecule has 0 atom stereocenters. The monoisotopic (exact) mass is 399 g/mol. The lowest BCUT2D eigenvalue weighted by atomic mass is 9.81. The van der Waals surface area contributed by atoms with Gasteiger partial charge in [-0.2, -0.15) is 10.1 Å². The Balaban J connectivity index is 1.52. The summed E-state index contributed by atoms with van der Waals surface area (Å²) in [7, 11) is 0. The van der Waals surface area contributed by atoms with Crippen LogP contribution in [0.2, 0.25) is 5.02 Å². The van der Waals surface area contributed by atoms with Gasteiger partial charge in [0.1, 0.15) is 5.54 Å². The fourth-order valence-electron chi connectivity index (χ4n) is 3.71. The van der Waals surface area contributed by atoms with Crippen LogP contribution in [0.15, 0.2) is 41.2 Å². The summed E-state index contributed by atoms with van der Waals surface area (Å²) in [6.07, 6.45) is 8.07. The van der Waals surface area contributed by atoms with Gasteiger partial charge >= 0.3 is 0 Å². The highest BCUT2D eigenvalue weighted by atomic mass is 35.5. The van der Waals surface area contributed by atoms with Crippen molar-refractivity contribution in [3.8, 4) is 0 Å². The molecule has 28 heavy (non-hydrogen) atoms. The molecule has 0 bridgehead atoms. The summed E-state index contributed by atoms with van der Waals surface area (Å²) in [4.78, 5) is 17.4. The van der Waals surface area contributed by atoms with Gasteiger partial charge in [0, 0.05) is 18.1 Å². The van der Waals surface area contributed by atoms with Crippen molar-refractivity contribution >= 4 is 17.5 Å². The van der Waals surface area contributed by atoms with Crippen LogP contribution in [0.3, 0.4) is 0 Å². The number of carbonyl (C=O) groups excluding carboxylic acids is 1. The van der Waals surface area contributed by atoms with Gasteiger partial charge in [-0.25, -0.2) is 0 Å². The van der Waals surface area contributed by atoms with E-state index < -0.39 is 5.54 Å². The molecule has 0 unspecified atom stereocenters. The lowest BCUT2D eigenvalue weighted by molar-refractivity contribution is 0.0855. The van der Waals surface area contributed by atoms with Crippen molar-refractivity contribution in [2.75, 3.05) is 0 Å². The number of nitrogens with zero attached hydrogens (tertiary/aromatic N) is 4. The maximum absolute atomic E-state index is 13.0. The van der Waals surface area contributed by atoms with Crippen molar-refractivity contribution in [3.05, 3.63) is 64.5 Å². The molecule has 1 N–H and O–H groups in total. The Morgan fingerprint density at radius 3 is 2.79 bits per heavy atom. The molecule has 0 saturated heterocycles. The first kappa shape index (κ1) is 18.7. The number of aromatic nitrogens is 4. The topological polar surface area (TPSA) is 85.8 Å². The standard InChI is InChI=1S/C20H22ClN5O2/c1-14-23-19(25-28-14)20(9-5-2-6-10-20)24-18(27)16-11-22-26(13-16)12-15-7-3-4-8-17(15)21/h3-4,7-8,11,13H,2,5-6,9-10,12H2,1H3,(H,24,27). The third kappa shape index (κ3) is 3.80. The molecule has 0 aliphatic heterocycles. The molecule has 3 aromatic rings. The van der Waals surface area contributed by atoms with Crippen molar-refractivity contribution < 1.29 is 9.32 Å². The van der Waals surface area contributed by atoms with E-state index in [0.717, 1.165) is 37.7 Å². The van der Waals surface area contributed by atoms with Gasteiger partial charge < -0.3 is 9.84 Å². The zero-order valence-electron chi connectivity index (χ0n) is 15.7. The van der Waals surface area contributed by atoms with Crippen LogP contribution in [0.5, 0.6) is 0 Å². The summed E-state index contributed by atoms with van der Waals surface area (Å²) in [5, 5.41) is 12.2. The maximum Gasteiger partial charge on any atom is 0.255 e. The quantitative estimate of drug-likeness (QED) is 0.703. The van der Waals surface area contributed by atoms with Crippen molar-refractivity contribution in [1.82, 2.24) is 25.2 Å². The molecule has 4 rings (SSSR count). The first-order chi connectivity index (χ1) is 13.6. The Morgan fingerprint density at radius 1 is 1.29 bits per heavy atom. The summed E-state index contributed by atoms with van der Waals surface area (Å²) < 4.78 is 6.88. The van der Waals surface area contributed by atoms with Gasteiger partial charge in [-0.05, 0) is 24.5 Å². The van der Waals surface area contributed by atoms with Crippen LogP contribution in [0.4, 0.5) is 0 Å². The normalized spacial score (nSPS) is 16.1. The third-order valence-electron chi connectivity index (χ3n) is 5.20. The number of aryl methyl sites for hydroxylation is 1. The fourth-order valence-corrected chi connectivity index (χ4v) is 3.91. The molecule has 0 radical (unpaired) electrons. The Morgan fingerprint density at radius 2 is 2.07 bits per heavy atom. The number of hydrogen-bond donors (Lipinski definition) is 1. The van der Waals surface area contributed by atoms with E-state index in [1.54, 1.807) is 24.0 Å². The van der Waals surface area contributed by atoms with E-state index in [1.165, 1.54) is 0 Å². The fraction of sp³-hybridized carbons (Fsp3) is 0.400.